The van der Waals surface area contributed by atoms with Crippen LogP contribution in [0.25, 0.3) is 5.57 Å². The summed E-state index contributed by atoms with van der Waals surface area (Å²) < 4.78 is 5.51. The number of carbonyl (C=O) groups is 2. The molecule has 0 aliphatic carbocycles. The lowest BCUT2D eigenvalue weighted by atomic mass is 10.0. The monoisotopic (exact) mass is 455 g/mol. The molecule has 0 saturated carbocycles. The Morgan fingerprint density at radius 3 is 2.12 bits per heavy atom. The number of amides is 2. The Balaban J connectivity index is 1.72. The lowest BCUT2D eigenvalue weighted by molar-refractivity contribution is -0.137. The fraction of sp³-hybridized carbons (Fsp3) is 0.214. The van der Waals surface area contributed by atoms with Gasteiger partial charge in [-0.3, -0.25) is 14.5 Å². The quantitative estimate of drug-likeness (QED) is 0.464. The van der Waals surface area contributed by atoms with E-state index in [4.69, 9.17) is 4.74 Å². The van der Waals surface area contributed by atoms with Crippen LogP contribution in [0.2, 0.25) is 0 Å². The minimum absolute atomic E-state index is 0.198. The molecular formula is C28H29N3O3. The number of anilines is 2. The molecule has 1 aliphatic rings. The number of nitrogens with one attached hydrogen (secondary N) is 1. The highest BCUT2D eigenvalue weighted by molar-refractivity contribution is 6.36. The zero-order chi connectivity index (χ0) is 24.1. The van der Waals surface area contributed by atoms with Gasteiger partial charge in [0.1, 0.15) is 11.4 Å². The van der Waals surface area contributed by atoms with Gasteiger partial charge in [0, 0.05) is 30.0 Å². The number of ether oxygens (including phenoxy) is 1. The summed E-state index contributed by atoms with van der Waals surface area (Å²) in [5.74, 6) is -0.167. The SMILES string of the molecule is CCN(CC)c1ccc(NC2=C(c3ccccc3OC)C(=O)N(Cc3ccccc3)C2=O)cc1. The van der Waals surface area contributed by atoms with Crippen LogP contribution in [-0.4, -0.2) is 36.9 Å². The van der Waals surface area contributed by atoms with Gasteiger partial charge in [0.05, 0.1) is 19.2 Å². The van der Waals surface area contributed by atoms with Crippen LogP contribution < -0.4 is 15.0 Å². The first-order chi connectivity index (χ1) is 16.6. The van der Waals surface area contributed by atoms with Gasteiger partial charge in [-0.1, -0.05) is 48.5 Å². The van der Waals surface area contributed by atoms with Crippen LogP contribution in [0.5, 0.6) is 5.75 Å². The number of hydrogen-bond donors (Lipinski definition) is 1. The maximum absolute atomic E-state index is 13.6. The molecular weight excluding hydrogens is 426 g/mol. The van der Waals surface area contributed by atoms with Gasteiger partial charge in [-0.15, -0.1) is 0 Å². The maximum atomic E-state index is 13.6. The Morgan fingerprint density at radius 1 is 0.824 bits per heavy atom. The smallest absolute Gasteiger partial charge is 0.278 e. The molecule has 0 atom stereocenters. The third-order valence-corrected chi connectivity index (χ3v) is 5.99. The Morgan fingerprint density at radius 2 is 1.47 bits per heavy atom. The number of imide groups is 1. The largest absolute Gasteiger partial charge is 0.496 e. The topological polar surface area (TPSA) is 61.9 Å². The summed E-state index contributed by atoms with van der Waals surface area (Å²) in [4.78, 5) is 30.6. The number of carbonyl (C=O) groups excluding carboxylic acids is 2. The summed E-state index contributed by atoms with van der Waals surface area (Å²) >= 11 is 0. The maximum Gasteiger partial charge on any atom is 0.278 e. The van der Waals surface area contributed by atoms with E-state index in [1.54, 1.807) is 19.2 Å². The predicted molar refractivity (Wildman–Crippen MR) is 136 cm³/mol. The van der Waals surface area contributed by atoms with Crippen molar-refractivity contribution >= 4 is 28.8 Å². The van der Waals surface area contributed by atoms with Crippen molar-refractivity contribution < 1.29 is 14.3 Å². The standard InChI is InChI=1S/C28H29N3O3/c1-4-30(5-2)22-17-15-21(16-18-22)29-26-25(23-13-9-10-14-24(23)34-3)27(32)31(28(26)33)19-20-11-7-6-8-12-20/h6-18,29H,4-5,19H2,1-3H3. The van der Waals surface area contributed by atoms with E-state index in [1.165, 1.54) is 4.90 Å². The van der Waals surface area contributed by atoms with Gasteiger partial charge in [-0.05, 0) is 49.7 Å². The number of hydrogen-bond acceptors (Lipinski definition) is 5. The highest BCUT2D eigenvalue weighted by Crippen LogP contribution is 2.36. The van der Waals surface area contributed by atoms with E-state index in [2.05, 4.69) is 24.1 Å². The van der Waals surface area contributed by atoms with Crippen LogP contribution in [-0.2, 0) is 16.1 Å². The first-order valence-corrected chi connectivity index (χ1v) is 11.5. The molecule has 0 unspecified atom stereocenters. The minimum atomic E-state index is -0.359. The molecule has 0 saturated heterocycles. The van der Waals surface area contributed by atoms with E-state index in [0.717, 1.165) is 30.0 Å². The van der Waals surface area contributed by atoms with E-state index in [0.29, 0.717) is 16.9 Å². The predicted octanol–water partition coefficient (Wildman–Crippen LogP) is 4.93. The molecule has 1 aliphatic heterocycles. The summed E-state index contributed by atoms with van der Waals surface area (Å²) in [7, 11) is 1.56. The number of methoxy groups -OCH3 is 1. The molecule has 0 spiro atoms. The van der Waals surface area contributed by atoms with Gasteiger partial charge < -0.3 is 15.0 Å². The van der Waals surface area contributed by atoms with Crippen molar-refractivity contribution in [3.8, 4) is 5.75 Å². The van der Waals surface area contributed by atoms with Crippen molar-refractivity contribution in [2.75, 3.05) is 30.4 Å². The molecule has 174 valence electrons. The summed E-state index contributed by atoms with van der Waals surface area (Å²) in [6.45, 7) is 6.25. The summed E-state index contributed by atoms with van der Waals surface area (Å²) in [5, 5.41) is 3.23. The molecule has 6 nitrogen and oxygen atoms in total. The molecule has 1 N–H and O–H groups in total. The van der Waals surface area contributed by atoms with Crippen molar-refractivity contribution in [1.82, 2.24) is 4.90 Å². The molecule has 4 rings (SSSR count). The molecule has 0 aromatic heterocycles. The van der Waals surface area contributed by atoms with Crippen molar-refractivity contribution in [3.05, 3.63) is 95.7 Å². The second-order valence-corrected chi connectivity index (χ2v) is 7.98. The van der Waals surface area contributed by atoms with Crippen LogP contribution in [0.1, 0.15) is 25.0 Å². The van der Waals surface area contributed by atoms with Crippen molar-refractivity contribution in [1.29, 1.82) is 0 Å². The van der Waals surface area contributed by atoms with Gasteiger partial charge in [0.15, 0.2) is 0 Å². The van der Waals surface area contributed by atoms with Crippen LogP contribution in [0, 0.1) is 0 Å². The zero-order valence-corrected chi connectivity index (χ0v) is 19.7. The Hall–Kier alpha value is -4.06. The van der Waals surface area contributed by atoms with Crippen molar-refractivity contribution in [2.45, 2.75) is 20.4 Å². The van der Waals surface area contributed by atoms with Gasteiger partial charge in [-0.2, -0.15) is 0 Å². The number of para-hydroxylation sites is 1. The lowest BCUT2D eigenvalue weighted by Gasteiger charge is -2.21. The molecule has 0 fully saturated rings. The highest BCUT2D eigenvalue weighted by atomic mass is 16.5. The Kier molecular flexibility index (Phi) is 6.97. The van der Waals surface area contributed by atoms with Crippen LogP contribution in [0.15, 0.2) is 84.6 Å². The van der Waals surface area contributed by atoms with Gasteiger partial charge in [0.25, 0.3) is 11.8 Å². The molecule has 3 aromatic carbocycles. The number of rotatable bonds is 9. The average Bonchev–Trinajstić information content (AvgIpc) is 3.10. The molecule has 1 heterocycles. The Labute approximate surface area is 200 Å². The van der Waals surface area contributed by atoms with Crippen molar-refractivity contribution in [2.24, 2.45) is 0 Å². The fourth-order valence-corrected chi connectivity index (χ4v) is 4.19. The van der Waals surface area contributed by atoms with Gasteiger partial charge in [-0.25, -0.2) is 0 Å². The fourth-order valence-electron chi connectivity index (χ4n) is 4.19. The third kappa shape index (κ3) is 4.53. The molecule has 3 aromatic rings. The van der Waals surface area contributed by atoms with E-state index in [1.807, 2.05) is 66.7 Å². The zero-order valence-electron chi connectivity index (χ0n) is 19.7. The van der Waals surface area contributed by atoms with Crippen LogP contribution in [0.3, 0.4) is 0 Å². The van der Waals surface area contributed by atoms with E-state index in [-0.39, 0.29) is 24.1 Å². The lowest BCUT2D eigenvalue weighted by Crippen LogP contribution is -2.32. The highest BCUT2D eigenvalue weighted by Gasteiger charge is 2.40. The second kappa shape index (κ2) is 10.3. The minimum Gasteiger partial charge on any atom is -0.496 e. The van der Waals surface area contributed by atoms with Gasteiger partial charge in [0.2, 0.25) is 0 Å². The van der Waals surface area contributed by atoms with Gasteiger partial charge >= 0.3 is 0 Å². The van der Waals surface area contributed by atoms with E-state index >= 15 is 0 Å². The molecule has 34 heavy (non-hydrogen) atoms. The summed E-state index contributed by atoms with van der Waals surface area (Å²) in [6, 6.07) is 24.7. The first-order valence-electron chi connectivity index (χ1n) is 11.5. The van der Waals surface area contributed by atoms with E-state index in [9.17, 15) is 9.59 Å². The summed E-state index contributed by atoms with van der Waals surface area (Å²) in [6.07, 6.45) is 0. The first kappa shape index (κ1) is 23.1. The van der Waals surface area contributed by atoms with Crippen LogP contribution >= 0.6 is 0 Å². The third-order valence-electron chi connectivity index (χ3n) is 5.99. The molecule has 0 radical (unpaired) electrons. The second-order valence-electron chi connectivity index (χ2n) is 7.98. The number of benzene rings is 3. The normalized spacial score (nSPS) is 13.4. The average molecular weight is 456 g/mol. The Bertz CT molecular complexity index is 1200. The molecule has 6 heteroatoms. The van der Waals surface area contributed by atoms with E-state index < -0.39 is 0 Å². The molecule has 2 amide bonds. The van der Waals surface area contributed by atoms with Crippen molar-refractivity contribution in [3.63, 3.8) is 0 Å². The number of nitrogens with zero attached hydrogens (tertiary/aromatic N) is 2. The summed E-state index contributed by atoms with van der Waals surface area (Å²) in [5.41, 5.74) is 3.87. The van der Waals surface area contributed by atoms with Crippen LogP contribution in [0.4, 0.5) is 11.4 Å². The molecule has 0 bridgehead atoms.